The van der Waals surface area contributed by atoms with Crippen molar-refractivity contribution in [2.45, 2.75) is 90.5 Å². The molecule has 1 amide bonds. The van der Waals surface area contributed by atoms with Crippen molar-refractivity contribution in [3.8, 4) is 17.0 Å². The van der Waals surface area contributed by atoms with Gasteiger partial charge in [0, 0.05) is 85.9 Å². The number of methoxy groups -OCH3 is 1. The highest BCUT2D eigenvalue weighted by Gasteiger charge is 2.47. The highest BCUT2D eigenvalue weighted by molar-refractivity contribution is 6.74. The van der Waals surface area contributed by atoms with E-state index >= 15 is 4.39 Å². The van der Waals surface area contributed by atoms with E-state index in [1.165, 1.54) is 6.07 Å². The molecule has 1 atom stereocenters. The van der Waals surface area contributed by atoms with Crippen molar-refractivity contribution < 1.29 is 27.8 Å². The number of pyridine rings is 1. The molecular formula is C38H53FN6O5Si. The number of anilines is 4. The number of rotatable bonds is 8. The maximum Gasteiger partial charge on any atom is 0.416 e. The number of nitrogens with one attached hydrogen (secondary N) is 1. The van der Waals surface area contributed by atoms with Gasteiger partial charge in [-0.05, 0) is 63.9 Å². The number of hydrogen-bond donors (Lipinski definition) is 1. The van der Waals surface area contributed by atoms with Gasteiger partial charge in [-0.15, -0.1) is 0 Å². The summed E-state index contributed by atoms with van der Waals surface area (Å²) in [5.41, 5.74) is 2.19. The van der Waals surface area contributed by atoms with E-state index in [1.54, 1.807) is 36.5 Å². The fraction of sp³-hybridized carbons (Fsp3) is 0.579. The van der Waals surface area contributed by atoms with Crippen molar-refractivity contribution in [1.82, 2.24) is 15.0 Å². The lowest BCUT2D eigenvalue weighted by molar-refractivity contribution is -0.000402. The number of halogens is 1. The highest BCUT2D eigenvalue weighted by Crippen LogP contribution is 2.46. The zero-order valence-corrected chi connectivity index (χ0v) is 32.8. The minimum atomic E-state index is -2.11. The molecule has 2 fully saturated rings. The van der Waals surface area contributed by atoms with Gasteiger partial charge in [0.25, 0.3) is 0 Å². The molecule has 2 aromatic heterocycles. The number of fused-ring (bicyclic) bond motifs is 1. The molecule has 1 spiro atoms. The first kappa shape index (κ1) is 37.0. The summed E-state index contributed by atoms with van der Waals surface area (Å²) in [6.45, 7) is 22.7. The summed E-state index contributed by atoms with van der Waals surface area (Å²) >= 11 is 0. The molecule has 3 aliphatic heterocycles. The number of hydrogen-bond acceptors (Lipinski definition) is 10. The molecule has 1 N–H and O–H groups in total. The van der Waals surface area contributed by atoms with Crippen molar-refractivity contribution >= 4 is 37.6 Å². The van der Waals surface area contributed by atoms with Gasteiger partial charge < -0.3 is 28.9 Å². The zero-order valence-electron chi connectivity index (χ0n) is 31.8. The maximum atomic E-state index is 15.6. The second kappa shape index (κ2) is 13.3. The Labute approximate surface area is 302 Å². The van der Waals surface area contributed by atoms with Crippen LogP contribution in [0.15, 0.2) is 36.7 Å². The molecule has 2 saturated heterocycles. The molecular weight excluding hydrogens is 668 g/mol. The molecule has 0 aliphatic carbocycles. The summed E-state index contributed by atoms with van der Waals surface area (Å²) in [4.78, 5) is 31.1. The Morgan fingerprint density at radius 3 is 2.41 bits per heavy atom. The number of carbonyl (C=O) groups is 1. The van der Waals surface area contributed by atoms with Crippen LogP contribution in [0, 0.1) is 11.2 Å². The SMILES string of the molecule is COc1cc(N2CC3(CCOCC3)C2)c(F)cc1Nc1nccc(-c2cnc3c(c2)C(C)(CO[Si](C)(C)C(C)(C)C)CN3C(=O)OC(C)(C)C)n1. The fourth-order valence-corrected chi connectivity index (χ4v) is 7.83. The number of carbonyl (C=O) groups excluding carboxylic acids is 1. The molecule has 11 nitrogen and oxygen atoms in total. The second-order valence-corrected chi connectivity index (χ2v) is 21.9. The molecule has 0 radical (unpaired) electrons. The molecule has 3 aromatic rings. The number of nitrogens with zero attached hydrogens (tertiary/aromatic N) is 5. The van der Waals surface area contributed by atoms with E-state index in [4.69, 9.17) is 28.6 Å². The molecule has 51 heavy (non-hydrogen) atoms. The second-order valence-electron chi connectivity index (χ2n) is 17.1. The average molecular weight is 721 g/mol. The van der Waals surface area contributed by atoms with Gasteiger partial charge in [-0.1, -0.05) is 27.7 Å². The molecule has 0 saturated carbocycles. The van der Waals surface area contributed by atoms with Crippen LogP contribution in [0.25, 0.3) is 11.3 Å². The van der Waals surface area contributed by atoms with Crippen LogP contribution in [-0.2, 0) is 19.3 Å². The van der Waals surface area contributed by atoms with Gasteiger partial charge in [-0.25, -0.2) is 24.1 Å². The first-order chi connectivity index (χ1) is 23.8. The van der Waals surface area contributed by atoms with Gasteiger partial charge in [0.05, 0.1) is 24.2 Å². The van der Waals surface area contributed by atoms with Gasteiger partial charge >= 0.3 is 6.09 Å². The van der Waals surface area contributed by atoms with Crippen LogP contribution in [0.1, 0.15) is 66.9 Å². The first-order valence-electron chi connectivity index (χ1n) is 17.8. The fourth-order valence-electron chi connectivity index (χ4n) is 6.72. The average Bonchev–Trinajstić information content (AvgIpc) is 3.34. The molecule has 1 unspecified atom stereocenters. The zero-order chi connectivity index (χ0) is 37.0. The van der Waals surface area contributed by atoms with Crippen LogP contribution in [0.5, 0.6) is 5.75 Å². The molecule has 5 heterocycles. The Hall–Kier alpha value is -3.81. The Bertz CT molecular complexity index is 1780. The van der Waals surface area contributed by atoms with Gasteiger partial charge in [0.1, 0.15) is 23.0 Å². The van der Waals surface area contributed by atoms with Crippen LogP contribution in [0.2, 0.25) is 18.1 Å². The molecule has 1 aromatic carbocycles. The lowest BCUT2D eigenvalue weighted by Gasteiger charge is -2.53. The summed E-state index contributed by atoms with van der Waals surface area (Å²) in [7, 11) is -0.541. The Kier molecular flexibility index (Phi) is 9.64. The third kappa shape index (κ3) is 7.56. The van der Waals surface area contributed by atoms with E-state index in [-0.39, 0.29) is 22.2 Å². The van der Waals surface area contributed by atoms with E-state index in [9.17, 15) is 4.79 Å². The van der Waals surface area contributed by atoms with Crippen molar-refractivity contribution in [3.05, 3.63) is 48.0 Å². The van der Waals surface area contributed by atoms with E-state index in [0.29, 0.717) is 41.8 Å². The van der Waals surface area contributed by atoms with Crippen LogP contribution in [-0.4, -0.2) is 81.5 Å². The van der Waals surface area contributed by atoms with Crippen molar-refractivity contribution in [1.29, 1.82) is 0 Å². The molecule has 3 aliphatic rings. The number of aromatic nitrogens is 3. The van der Waals surface area contributed by atoms with Crippen LogP contribution in [0.3, 0.4) is 0 Å². The Morgan fingerprint density at radius 1 is 1.06 bits per heavy atom. The summed E-state index contributed by atoms with van der Waals surface area (Å²) in [6, 6.07) is 7.01. The summed E-state index contributed by atoms with van der Waals surface area (Å²) in [5.74, 6) is 0.982. The van der Waals surface area contributed by atoms with Gasteiger partial charge in [0.2, 0.25) is 5.95 Å². The Balaban J connectivity index is 1.26. The van der Waals surface area contributed by atoms with Crippen molar-refractivity contribution in [3.63, 3.8) is 0 Å². The minimum absolute atomic E-state index is 0.0223. The van der Waals surface area contributed by atoms with Crippen LogP contribution in [0.4, 0.5) is 32.3 Å². The number of ether oxygens (including phenoxy) is 3. The lowest BCUT2D eigenvalue weighted by Crippen LogP contribution is -2.58. The predicted octanol–water partition coefficient (Wildman–Crippen LogP) is 8.08. The predicted molar refractivity (Wildman–Crippen MR) is 200 cm³/mol. The third-order valence-electron chi connectivity index (χ3n) is 10.9. The van der Waals surface area contributed by atoms with Crippen LogP contribution < -0.4 is 19.9 Å². The largest absolute Gasteiger partial charge is 0.494 e. The summed E-state index contributed by atoms with van der Waals surface area (Å²) in [5, 5.41) is 3.19. The van der Waals surface area contributed by atoms with Crippen molar-refractivity contribution in [2.24, 2.45) is 5.41 Å². The standard InChI is InChI=1S/C38H53FN6O5Si/c1-35(2,3)50-34(46)45-21-37(7,24-49-51(9,10)36(4,5)6)26-17-25(20-41-32(26)45)28-11-14-40-33(42-28)43-29-18-27(39)30(19-31(29)47-8)44-22-38(23-44)12-15-48-16-13-38/h11,14,17-20H,12-13,15-16,21-24H2,1-10H3,(H,40,42,43). The van der Waals surface area contributed by atoms with E-state index in [1.807, 2.05) is 26.8 Å². The van der Waals surface area contributed by atoms with Gasteiger partial charge in [0.15, 0.2) is 8.32 Å². The van der Waals surface area contributed by atoms with E-state index in [0.717, 1.165) is 50.3 Å². The highest BCUT2D eigenvalue weighted by atomic mass is 28.4. The van der Waals surface area contributed by atoms with Gasteiger partial charge in [-0.2, -0.15) is 0 Å². The topological polar surface area (TPSA) is 111 Å². The maximum absolute atomic E-state index is 15.6. The molecule has 0 bridgehead atoms. The molecule has 276 valence electrons. The normalized spacial score (nSPS) is 20.2. The number of amides is 1. The van der Waals surface area contributed by atoms with Gasteiger partial charge in [-0.3, -0.25) is 4.90 Å². The lowest BCUT2D eigenvalue weighted by atomic mass is 9.73. The molecule has 13 heteroatoms. The number of benzene rings is 1. The summed E-state index contributed by atoms with van der Waals surface area (Å²) in [6.07, 6.45) is 4.91. The quantitative estimate of drug-likeness (QED) is 0.229. The van der Waals surface area contributed by atoms with E-state index < -0.39 is 25.4 Å². The van der Waals surface area contributed by atoms with Crippen molar-refractivity contribution in [2.75, 3.05) is 61.7 Å². The van der Waals surface area contributed by atoms with E-state index in [2.05, 4.69) is 56.0 Å². The molecule has 6 rings (SSSR count). The monoisotopic (exact) mass is 720 g/mol. The Morgan fingerprint density at radius 2 is 1.76 bits per heavy atom. The smallest absolute Gasteiger partial charge is 0.416 e. The van der Waals surface area contributed by atoms with Crippen LogP contribution >= 0.6 is 0 Å². The minimum Gasteiger partial charge on any atom is -0.494 e. The summed E-state index contributed by atoms with van der Waals surface area (Å²) < 4.78 is 39.3. The third-order valence-corrected chi connectivity index (χ3v) is 15.3. The first-order valence-corrected chi connectivity index (χ1v) is 20.7.